The van der Waals surface area contributed by atoms with Gasteiger partial charge >= 0.3 is 0 Å². The topological polar surface area (TPSA) is 15.3 Å². The quantitative estimate of drug-likeness (QED) is 0.578. The smallest absolute Gasteiger partial charge is 0.00790 e. The molecule has 0 aromatic heterocycles. The molecule has 0 aromatic carbocycles. The second-order valence-electron chi connectivity index (χ2n) is 5.27. The highest BCUT2D eigenvalue weighted by Gasteiger charge is 2.11. The van der Waals surface area contributed by atoms with E-state index < -0.39 is 0 Å². The normalized spacial score (nSPS) is 13.7. The van der Waals surface area contributed by atoms with Crippen LogP contribution in [0.5, 0.6) is 0 Å². The lowest BCUT2D eigenvalue weighted by molar-refractivity contribution is 0.199. The number of nitrogens with one attached hydrogen (secondary N) is 1. The Morgan fingerprint density at radius 3 is 2.00 bits per heavy atom. The Labute approximate surface area is 103 Å². The molecule has 0 aliphatic carbocycles. The summed E-state index contributed by atoms with van der Waals surface area (Å²) in [4.78, 5) is 2.62. The number of rotatable bonds is 10. The minimum Gasteiger partial charge on any atom is -0.316 e. The molecule has 0 fully saturated rings. The molecule has 16 heavy (non-hydrogen) atoms. The highest BCUT2D eigenvalue weighted by Crippen LogP contribution is 2.05. The molecule has 0 bridgehead atoms. The molecule has 1 unspecified atom stereocenters. The van der Waals surface area contributed by atoms with Crippen molar-refractivity contribution in [2.45, 2.75) is 59.9 Å². The van der Waals surface area contributed by atoms with Crippen molar-refractivity contribution >= 4 is 0 Å². The minimum atomic E-state index is 0.722. The summed E-state index contributed by atoms with van der Waals surface area (Å²) in [5.74, 6) is 0.762. The monoisotopic (exact) mass is 228 g/mol. The highest BCUT2D eigenvalue weighted by molar-refractivity contribution is 4.68. The van der Waals surface area contributed by atoms with Gasteiger partial charge in [0.15, 0.2) is 0 Å². The third kappa shape index (κ3) is 8.12. The molecule has 1 N–H and O–H groups in total. The van der Waals surface area contributed by atoms with Crippen LogP contribution in [0.1, 0.15) is 53.9 Å². The molecule has 0 amide bonds. The zero-order valence-electron chi connectivity index (χ0n) is 12.1. The zero-order valence-corrected chi connectivity index (χ0v) is 12.1. The Kier molecular flexibility index (Phi) is 10.0. The standard InChI is InChI=1S/C14H32N2/c1-6-10-16(11-7-2)14(5)8-9-15-12-13(3)4/h13-15H,6-12H2,1-5H3. The molecule has 2 nitrogen and oxygen atoms in total. The Morgan fingerprint density at radius 2 is 1.56 bits per heavy atom. The van der Waals surface area contributed by atoms with Crippen molar-refractivity contribution in [3.05, 3.63) is 0 Å². The average molecular weight is 228 g/mol. The molecule has 0 radical (unpaired) electrons. The first kappa shape index (κ1) is 15.9. The van der Waals surface area contributed by atoms with Crippen LogP contribution in [0, 0.1) is 5.92 Å². The van der Waals surface area contributed by atoms with Crippen LogP contribution >= 0.6 is 0 Å². The molecule has 0 aromatic rings. The number of nitrogens with zero attached hydrogens (tertiary/aromatic N) is 1. The maximum Gasteiger partial charge on any atom is 0.00790 e. The van der Waals surface area contributed by atoms with E-state index in [2.05, 4.69) is 44.8 Å². The second-order valence-corrected chi connectivity index (χ2v) is 5.27. The van der Waals surface area contributed by atoms with Crippen LogP contribution in [0.4, 0.5) is 0 Å². The first-order chi connectivity index (χ1) is 7.61. The van der Waals surface area contributed by atoms with E-state index in [-0.39, 0.29) is 0 Å². The van der Waals surface area contributed by atoms with Crippen molar-refractivity contribution in [3.8, 4) is 0 Å². The van der Waals surface area contributed by atoms with Gasteiger partial charge in [-0.2, -0.15) is 0 Å². The third-order valence-corrected chi connectivity index (χ3v) is 2.94. The van der Waals surface area contributed by atoms with E-state index in [1.54, 1.807) is 0 Å². The van der Waals surface area contributed by atoms with E-state index in [9.17, 15) is 0 Å². The summed E-state index contributed by atoms with van der Waals surface area (Å²) >= 11 is 0. The Hall–Kier alpha value is -0.0800. The van der Waals surface area contributed by atoms with Gasteiger partial charge in [0.1, 0.15) is 0 Å². The summed E-state index contributed by atoms with van der Waals surface area (Å²) in [6, 6.07) is 0.722. The summed E-state index contributed by atoms with van der Waals surface area (Å²) < 4.78 is 0. The van der Waals surface area contributed by atoms with Gasteiger partial charge in [-0.25, -0.2) is 0 Å². The van der Waals surface area contributed by atoms with Crippen molar-refractivity contribution in [3.63, 3.8) is 0 Å². The van der Waals surface area contributed by atoms with Gasteiger partial charge in [-0.3, -0.25) is 0 Å². The van der Waals surface area contributed by atoms with Crippen LogP contribution in [0.3, 0.4) is 0 Å². The predicted molar refractivity (Wildman–Crippen MR) is 73.9 cm³/mol. The van der Waals surface area contributed by atoms with Gasteiger partial charge in [0.2, 0.25) is 0 Å². The van der Waals surface area contributed by atoms with Gasteiger partial charge in [0.05, 0.1) is 0 Å². The molecule has 0 aliphatic heterocycles. The van der Waals surface area contributed by atoms with Crippen molar-refractivity contribution in [1.29, 1.82) is 0 Å². The summed E-state index contributed by atoms with van der Waals surface area (Å²) in [5, 5.41) is 3.53. The van der Waals surface area contributed by atoms with Crippen molar-refractivity contribution in [1.82, 2.24) is 10.2 Å². The van der Waals surface area contributed by atoms with Gasteiger partial charge in [0, 0.05) is 6.04 Å². The molecular weight excluding hydrogens is 196 g/mol. The largest absolute Gasteiger partial charge is 0.316 e. The van der Waals surface area contributed by atoms with Crippen LogP contribution < -0.4 is 5.32 Å². The van der Waals surface area contributed by atoms with Gasteiger partial charge in [0.25, 0.3) is 0 Å². The van der Waals surface area contributed by atoms with E-state index in [1.165, 1.54) is 32.4 Å². The van der Waals surface area contributed by atoms with E-state index in [4.69, 9.17) is 0 Å². The molecule has 0 aliphatic rings. The van der Waals surface area contributed by atoms with Crippen molar-refractivity contribution in [2.24, 2.45) is 5.92 Å². The van der Waals surface area contributed by atoms with Crippen LogP contribution in [-0.4, -0.2) is 37.1 Å². The number of hydrogen-bond donors (Lipinski definition) is 1. The Balaban J connectivity index is 3.68. The summed E-state index contributed by atoms with van der Waals surface area (Å²) in [7, 11) is 0. The minimum absolute atomic E-state index is 0.722. The lowest BCUT2D eigenvalue weighted by Gasteiger charge is -2.28. The van der Waals surface area contributed by atoms with E-state index in [1.807, 2.05) is 0 Å². The Morgan fingerprint density at radius 1 is 1.00 bits per heavy atom. The highest BCUT2D eigenvalue weighted by atomic mass is 15.1. The first-order valence-corrected chi connectivity index (χ1v) is 7.06. The second kappa shape index (κ2) is 10.1. The predicted octanol–water partition coefficient (Wildman–Crippen LogP) is 3.13. The fraction of sp³-hybridized carbons (Fsp3) is 1.00. The third-order valence-electron chi connectivity index (χ3n) is 2.94. The van der Waals surface area contributed by atoms with Crippen molar-refractivity contribution < 1.29 is 0 Å². The van der Waals surface area contributed by atoms with Gasteiger partial charge in [-0.1, -0.05) is 27.7 Å². The fourth-order valence-corrected chi connectivity index (χ4v) is 2.01. The van der Waals surface area contributed by atoms with Crippen molar-refractivity contribution in [2.75, 3.05) is 26.2 Å². The molecule has 1 atom stereocenters. The van der Waals surface area contributed by atoms with Gasteiger partial charge in [-0.15, -0.1) is 0 Å². The first-order valence-electron chi connectivity index (χ1n) is 7.06. The molecular formula is C14H32N2. The summed E-state index contributed by atoms with van der Waals surface area (Å²) in [6.45, 7) is 16.2. The lowest BCUT2D eigenvalue weighted by Crippen LogP contribution is -2.37. The lowest BCUT2D eigenvalue weighted by atomic mass is 10.1. The van der Waals surface area contributed by atoms with Crippen LogP contribution in [-0.2, 0) is 0 Å². The van der Waals surface area contributed by atoms with Crippen LogP contribution in [0.2, 0.25) is 0 Å². The molecule has 0 spiro atoms. The zero-order chi connectivity index (χ0) is 12.4. The van der Waals surface area contributed by atoms with E-state index >= 15 is 0 Å². The molecule has 0 heterocycles. The molecule has 98 valence electrons. The van der Waals surface area contributed by atoms with E-state index in [0.717, 1.165) is 25.0 Å². The maximum absolute atomic E-state index is 3.53. The van der Waals surface area contributed by atoms with Gasteiger partial charge in [-0.05, 0) is 58.3 Å². The maximum atomic E-state index is 3.53. The average Bonchev–Trinajstić information content (AvgIpc) is 2.23. The molecule has 0 saturated carbocycles. The van der Waals surface area contributed by atoms with E-state index in [0.29, 0.717) is 0 Å². The fourth-order valence-electron chi connectivity index (χ4n) is 2.01. The van der Waals surface area contributed by atoms with Crippen LogP contribution in [0.15, 0.2) is 0 Å². The molecule has 0 rings (SSSR count). The van der Waals surface area contributed by atoms with Crippen LogP contribution in [0.25, 0.3) is 0 Å². The SMILES string of the molecule is CCCN(CCC)C(C)CCNCC(C)C. The van der Waals surface area contributed by atoms with Gasteiger partial charge < -0.3 is 10.2 Å². The number of hydrogen-bond acceptors (Lipinski definition) is 2. The Bertz CT molecular complexity index is 140. The molecule has 2 heteroatoms. The summed E-state index contributed by atoms with van der Waals surface area (Å²) in [5.41, 5.74) is 0. The molecule has 0 saturated heterocycles. The summed E-state index contributed by atoms with van der Waals surface area (Å²) in [6.07, 6.45) is 3.81.